The molecule has 3 N–H and O–H groups in total. The van der Waals surface area contributed by atoms with E-state index in [0.29, 0.717) is 5.56 Å². The Balaban J connectivity index is 2.89. The highest BCUT2D eigenvalue weighted by Gasteiger charge is 2.09. The molecular formula is C11H16N2O2. The summed E-state index contributed by atoms with van der Waals surface area (Å²) in [5, 5.41) is 14.2. The molecule has 1 aromatic rings. The van der Waals surface area contributed by atoms with Crippen molar-refractivity contribution in [3.05, 3.63) is 29.3 Å². The highest BCUT2D eigenvalue weighted by Crippen LogP contribution is 2.17. The van der Waals surface area contributed by atoms with E-state index in [0.717, 1.165) is 11.3 Å². The molecule has 0 fully saturated rings. The molecule has 4 heteroatoms. The number of amides is 1. The summed E-state index contributed by atoms with van der Waals surface area (Å²) in [4.78, 5) is 11.6. The summed E-state index contributed by atoms with van der Waals surface area (Å²) < 4.78 is 0. The molecule has 0 aliphatic carbocycles. The van der Waals surface area contributed by atoms with Gasteiger partial charge in [0.15, 0.2) is 0 Å². The fourth-order valence-corrected chi connectivity index (χ4v) is 1.42. The van der Waals surface area contributed by atoms with Crippen LogP contribution in [0.2, 0.25) is 0 Å². The molecule has 0 aromatic heterocycles. The van der Waals surface area contributed by atoms with Crippen LogP contribution in [0, 0.1) is 6.92 Å². The third kappa shape index (κ3) is 2.70. The molecule has 82 valence electrons. The van der Waals surface area contributed by atoms with Gasteiger partial charge in [0.05, 0.1) is 6.61 Å². The molecule has 0 saturated heterocycles. The number of nitrogens with one attached hydrogen (secondary N) is 2. The summed E-state index contributed by atoms with van der Waals surface area (Å²) in [5.41, 5.74) is 2.48. The minimum Gasteiger partial charge on any atom is -0.395 e. The maximum atomic E-state index is 11.6. The highest BCUT2D eigenvalue weighted by atomic mass is 16.3. The van der Waals surface area contributed by atoms with Gasteiger partial charge >= 0.3 is 0 Å². The van der Waals surface area contributed by atoms with Gasteiger partial charge < -0.3 is 15.7 Å². The standard InChI is InChI=1S/C11H16N2O2/c1-8-9(11(15)13-6-7-14)4-3-5-10(8)12-2/h3-5,12,14H,6-7H2,1-2H3,(H,13,15). The predicted octanol–water partition coefficient (Wildman–Crippen LogP) is 0.759. The van der Waals surface area contributed by atoms with Crippen molar-refractivity contribution in [2.75, 3.05) is 25.5 Å². The molecule has 4 nitrogen and oxygen atoms in total. The second-order valence-electron chi connectivity index (χ2n) is 3.21. The fourth-order valence-electron chi connectivity index (χ4n) is 1.42. The van der Waals surface area contributed by atoms with Gasteiger partial charge in [-0.15, -0.1) is 0 Å². The first-order valence-electron chi connectivity index (χ1n) is 4.87. The molecule has 15 heavy (non-hydrogen) atoms. The Hall–Kier alpha value is -1.55. The number of anilines is 1. The van der Waals surface area contributed by atoms with E-state index in [2.05, 4.69) is 10.6 Å². The van der Waals surface area contributed by atoms with Crippen LogP contribution in [0.5, 0.6) is 0 Å². The van der Waals surface area contributed by atoms with Crippen LogP contribution in [0.4, 0.5) is 5.69 Å². The second kappa shape index (κ2) is 5.36. The first-order valence-corrected chi connectivity index (χ1v) is 4.87. The molecule has 0 atom stereocenters. The van der Waals surface area contributed by atoms with E-state index in [9.17, 15) is 4.79 Å². The SMILES string of the molecule is CNc1cccc(C(=O)NCCO)c1C. The van der Waals surface area contributed by atoms with Crippen LogP contribution < -0.4 is 10.6 Å². The molecule has 0 radical (unpaired) electrons. The van der Waals surface area contributed by atoms with Crippen LogP contribution in [-0.2, 0) is 0 Å². The van der Waals surface area contributed by atoms with E-state index < -0.39 is 0 Å². The van der Waals surface area contributed by atoms with Crippen LogP contribution in [0.1, 0.15) is 15.9 Å². The topological polar surface area (TPSA) is 61.4 Å². The third-order valence-electron chi connectivity index (χ3n) is 2.25. The van der Waals surface area contributed by atoms with E-state index in [4.69, 9.17) is 5.11 Å². The largest absolute Gasteiger partial charge is 0.395 e. The van der Waals surface area contributed by atoms with Gasteiger partial charge in [-0.1, -0.05) is 6.07 Å². The number of carbonyl (C=O) groups is 1. The molecule has 0 bridgehead atoms. The Morgan fingerprint density at radius 2 is 2.20 bits per heavy atom. The summed E-state index contributed by atoms with van der Waals surface area (Å²) in [5.74, 6) is -0.154. The zero-order chi connectivity index (χ0) is 11.3. The zero-order valence-electron chi connectivity index (χ0n) is 9.00. The average molecular weight is 208 g/mol. The van der Waals surface area contributed by atoms with E-state index in [1.54, 1.807) is 6.07 Å². The molecule has 0 aliphatic rings. The quantitative estimate of drug-likeness (QED) is 0.684. The normalized spacial score (nSPS) is 9.80. The lowest BCUT2D eigenvalue weighted by molar-refractivity contribution is 0.0944. The number of aliphatic hydroxyl groups excluding tert-OH is 1. The van der Waals surface area contributed by atoms with Gasteiger partial charge in [0.1, 0.15) is 0 Å². The third-order valence-corrected chi connectivity index (χ3v) is 2.25. The van der Waals surface area contributed by atoms with E-state index in [1.807, 2.05) is 26.1 Å². The minimum absolute atomic E-state index is 0.0451. The molecule has 0 spiro atoms. The lowest BCUT2D eigenvalue weighted by atomic mass is 10.1. The number of hydrogen-bond donors (Lipinski definition) is 3. The summed E-state index contributed by atoms with van der Waals surface area (Å²) in [6.07, 6.45) is 0. The van der Waals surface area contributed by atoms with Crippen LogP contribution >= 0.6 is 0 Å². The van der Waals surface area contributed by atoms with Gasteiger partial charge in [-0.25, -0.2) is 0 Å². The van der Waals surface area contributed by atoms with Crippen LogP contribution in [0.25, 0.3) is 0 Å². The first-order chi connectivity index (χ1) is 7.20. The summed E-state index contributed by atoms with van der Waals surface area (Å²) >= 11 is 0. The lowest BCUT2D eigenvalue weighted by Crippen LogP contribution is -2.27. The van der Waals surface area contributed by atoms with Gasteiger partial charge in [-0.05, 0) is 24.6 Å². The molecule has 1 amide bonds. The van der Waals surface area contributed by atoms with Crippen molar-refractivity contribution in [2.45, 2.75) is 6.92 Å². The molecular weight excluding hydrogens is 192 g/mol. The smallest absolute Gasteiger partial charge is 0.251 e. The van der Waals surface area contributed by atoms with Gasteiger partial charge in [0.25, 0.3) is 5.91 Å². The van der Waals surface area contributed by atoms with Crippen molar-refractivity contribution >= 4 is 11.6 Å². The van der Waals surface area contributed by atoms with Gasteiger partial charge in [0.2, 0.25) is 0 Å². The maximum Gasteiger partial charge on any atom is 0.251 e. The van der Waals surface area contributed by atoms with Crippen molar-refractivity contribution in [1.29, 1.82) is 0 Å². The maximum absolute atomic E-state index is 11.6. The van der Waals surface area contributed by atoms with Crippen molar-refractivity contribution in [3.8, 4) is 0 Å². The second-order valence-corrected chi connectivity index (χ2v) is 3.21. The summed E-state index contributed by atoms with van der Waals surface area (Å²) in [6.45, 7) is 2.12. The van der Waals surface area contributed by atoms with E-state index in [1.165, 1.54) is 0 Å². The van der Waals surface area contributed by atoms with Crippen molar-refractivity contribution in [1.82, 2.24) is 5.32 Å². The van der Waals surface area contributed by atoms with E-state index in [-0.39, 0.29) is 19.1 Å². The average Bonchev–Trinajstić information content (AvgIpc) is 2.26. The number of hydrogen-bond acceptors (Lipinski definition) is 3. The Bertz CT molecular complexity index is 350. The number of benzene rings is 1. The minimum atomic E-state index is -0.154. The Morgan fingerprint density at radius 3 is 2.80 bits per heavy atom. The van der Waals surface area contributed by atoms with Crippen molar-refractivity contribution < 1.29 is 9.90 Å². The monoisotopic (exact) mass is 208 g/mol. The molecule has 0 heterocycles. The summed E-state index contributed by atoms with van der Waals surface area (Å²) in [6, 6.07) is 5.51. The Labute approximate surface area is 89.3 Å². The predicted molar refractivity (Wildman–Crippen MR) is 60.1 cm³/mol. The summed E-state index contributed by atoms with van der Waals surface area (Å²) in [7, 11) is 1.82. The zero-order valence-corrected chi connectivity index (χ0v) is 9.00. The highest BCUT2D eigenvalue weighted by molar-refractivity contribution is 5.96. The molecule has 0 saturated carbocycles. The first kappa shape index (κ1) is 11.5. The van der Waals surface area contributed by atoms with Gasteiger partial charge in [0, 0.05) is 24.8 Å². The Morgan fingerprint density at radius 1 is 1.47 bits per heavy atom. The van der Waals surface area contributed by atoms with Crippen molar-refractivity contribution in [2.24, 2.45) is 0 Å². The number of aliphatic hydroxyl groups is 1. The lowest BCUT2D eigenvalue weighted by Gasteiger charge is -2.10. The Kier molecular flexibility index (Phi) is 4.12. The molecule has 1 rings (SSSR count). The molecule has 0 unspecified atom stereocenters. The van der Waals surface area contributed by atoms with Crippen LogP contribution in [0.15, 0.2) is 18.2 Å². The molecule has 0 aliphatic heterocycles. The van der Waals surface area contributed by atoms with E-state index >= 15 is 0 Å². The fraction of sp³-hybridized carbons (Fsp3) is 0.364. The molecule has 1 aromatic carbocycles. The van der Waals surface area contributed by atoms with Crippen molar-refractivity contribution in [3.63, 3.8) is 0 Å². The van der Waals surface area contributed by atoms with Crippen LogP contribution in [0.3, 0.4) is 0 Å². The van der Waals surface area contributed by atoms with Gasteiger partial charge in [-0.3, -0.25) is 4.79 Å². The number of carbonyl (C=O) groups excluding carboxylic acids is 1. The van der Waals surface area contributed by atoms with Gasteiger partial charge in [-0.2, -0.15) is 0 Å². The van der Waals surface area contributed by atoms with Crippen LogP contribution in [-0.4, -0.2) is 31.2 Å². The number of rotatable bonds is 4.